The molecule has 7 heteroatoms. The maximum atomic E-state index is 11.2. The summed E-state index contributed by atoms with van der Waals surface area (Å²) in [4.78, 5) is 26.3. The third kappa shape index (κ3) is 4.14. The van der Waals surface area contributed by atoms with Gasteiger partial charge in [0.25, 0.3) is 0 Å². The Labute approximate surface area is 164 Å². The molecule has 1 N–H and O–H groups in total. The first-order valence-corrected chi connectivity index (χ1v) is 10.4. The van der Waals surface area contributed by atoms with E-state index in [4.69, 9.17) is 0 Å². The predicted molar refractivity (Wildman–Crippen MR) is 109 cm³/mol. The van der Waals surface area contributed by atoms with Crippen LogP contribution in [0.25, 0.3) is 0 Å². The molecular weight excluding hydrogens is 358 g/mol. The van der Waals surface area contributed by atoms with Gasteiger partial charge in [-0.2, -0.15) is 0 Å². The van der Waals surface area contributed by atoms with Crippen LogP contribution in [0.1, 0.15) is 36.0 Å². The van der Waals surface area contributed by atoms with Crippen molar-refractivity contribution >= 4 is 28.1 Å². The van der Waals surface area contributed by atoms with Crippen molar-refractivity contribution in [3.8, 4) is 0 Å². The van der Waals surface area contributed by atoms with Crippen LogP contribution >= 0.6 is 11.3 Å². The Balaban J connectivity index is 1.37. The largest absolute Gasteiger partial charge is 0.371 e. The number of anilines is 2. The number of hydrogen-bond donors (Lipinski definition) is 1. The SMILES string of the molecule is CC(=O)Nc1ncc(CN2CC[C@@]3(CCN(c4cc(C)nc(C)c4)C3)C2)s1. The number of thiazole rings is 1. The molecular formula is C20H27N5OS. The highest BCUT2D eigenvalue weighted by molar-refractivity contribution is 7.15. The number of amides is 1. The number of aromatic nitrogens is 2. The number of aryl methyl sites for hydroxylation is 2. The van der Waals surface area contributed by atoms with Gasteiger partial charge in [-0.15, -0.1) is 11.3 Å². The van der Waals surface area contributed by atoms with E-state index >= 15 is 0 Å². The van der Waals surface area contributed by atoms with Crippen molar-refractivity contribution in [2.75, 3.05) is 36.4 Å². The molecule has 0 aliphatic carbocycles. The van der Waals surface area contributed by atoms with Gasteiger partial charge in [-0.25, -0.2) is 4.98 Å². The van der Waals surface area contributed by atoms with Crippen LogP contribution < -0.4 is 10.2 Å². The quantitative estimate of drug-likeness (QED) is 0.876. The van der Waals surface area contributed by atoms with E-state index in [9.17, 15) is 4.79 Å². The number of hydrogen-bond acceptors (Lipinski definition) is 6. The van der Waals surface area contributed by atoms with Gasteiger partial charge >= 0.3 is 0 Å². The third-order valence-electron chi connectivity index (χ3n) is 5.60. The van der Waals surface area contributed by atoms with Crippen LogP contribution in [0.3, 0.4) is 0 Å². The van der Waals surface area contributed by atoms with Crippen molar-refractivity contribution < 1.29 is 4.79 Å². The van der Waals surface area contributed by atoms with Crippen LogP contribution in [0.15, 0.2) is 18.3 Å². The highest BCUT2D eigenvalue weighted by Gasteiger charge is 2.43. The summed E-state index contributed by atoms with van der Waals surface area (Å²) < 4.78 is 0. The number of likely N-dealkylation sites (tertiary alicyclic amines) is 1. The summed E-state index contributed by atoms with van der Waals surface area (Å²) in [5, 5.41) is 3.47. The molecule has 6 nitrogen and oxygen atoms in total. The molecule has 0 saturated carbocycles. The summed E-state index contributed by atoms with van der Waals surface area (Å²) >= 11 is 1.58. The summed E-state index contributed by atoms with van der Waals surface area (Å²) in [7, 11) is 0. The molecule has 2 aromatic rings. The van der Waals surface area contributed by atoms with E-state index in [1.54, 1.807) is 11.3 Å². The zero-order chi connectivity index (χ0) is 19.0. The van der Waals surface area contributed by atoms with E-state index < -0.39 is 0 Å². The molecule has 4 rings (SSSR count). The highest BCUT2D eigenvalue weighted by Crippen LogP contribution is 2.41. The fraction of sp³-hybridized carbons (Fsp3) is 0.550. The van der Waals surface area contributed by atoms with E-state index in [1.165, 1.54) is 30.3 Å². The highest BCUT2D eigenvalue weighted by atomic mass is 32.1. The van der Waals surface area contributed by atoms with E-state index in [1.807, 2.05) is 6.20 Å². The summed E-state index contributed by atoms with van der Waals surface area (Å²) in [6.07, 6.45) is 4.40. The van der Waals surface area contributed by atoms with Gasteiger partial charge < -0.3 is 10.2 Å². The number of nitrogens with one attached hydrogen (secondary N) is 1. The monoisotopic (exact) mass is 385 g/mol. The molecule has 2 aliphatic heterocycles. The normalized spacial score (nSPS) is 22.7. The van der Waals surface area contributed by atoms with E-state index in [-0.39, 0.29) is 5.91 Å². The van der Waals surface area contributed by atoms with Crippen LogP contribution in [-0.2, 0) is 11.3 Å². The molecule has 27 heavy (non-hydrogen) atoms. The van der Waals surface area contributed by atoms with Crippen molar-refractivity contribution in [1.82, 2.24) is 14.9 Å². The molecule has 0 bridgehead atoms. The lowest BCUT2D eigenvalue weighted by Gasteiger charge is -2.26. The third-order valence-corrected chi connectivity index (χ3v) is 6.50. The summed E-state index contributed by atoms with van der Waals surface area (Å²) in [5.74, 6) is -0.0661. The number of nitrogens with zero attached hydrogens (tertiary/aromatic N) is 4. The number of carbonyl (C=O) groups is 1. The minimum atomic E-state index is -0.0661. The molecule has 144 valence electrons. The van der Waals surface area contributed by atoms with Gasteiger partial charge in [0.05, 0.1) is 0 Å². The fourth-order valence-electron chi connectivity index (χ4n) is 4.46. The number of rotatable bonds is 4. The lowest BCUT2D eigenvalue weighted by molar-refractivity contribution is -0.114. The van der Waals surface area contributed by atoms with E-state index in [2.05, 4.69) is 51.1 Å². The van der Waals surface area contributed by atoms with Crippen LogP contribution in [-0.4, -0.2) is 47.0 Å². The topological polar surface area (TPSA) is 61.4 Å². The van der Waals surface area contributed by atoms with Gasteiger partial charge in [0, 0.05) is 66.7 Å². The van der Waals surface area contributed by atoms with Crippen LogP contribution in [0.5, 0.6) is 0 Å². The van der Waals surface area contributed by atoms with Crippen LogP contribution in [0.2, 0.25) is 0 Å². The van der Waals surface area contributed by atoms with Crippen molar-refractivity contribution in [1.29, 1.82) is 0 Å². The standard InChI is InChI=1S/C20H27N5OS/c1-14-8-17(9-15(2)22-14)25-7-5-20(13-25)4-6-24(12-20)11-18-10-21-19(27-18)23-16(3)26/h8-10H,4-7,11-13H2,1-3H3,(H,21,23,26)/t20-/m1/s1. The van der Waals surface area contributed by atoms with Gasteiger partial charge in [0.15, 0.2) is 5.13 Å². The minimum absolute atomic E-state index is 0.0661. The van der Waals surface area contributed by atoms with Gasteiger partial charge in [-0.05, 0) is 45.4 Å². The molecule has 2 aliphatic rings. The molecule has 4 heterocycles. The number of pyridine rings is 1. The molecule has 0 aromatic carbocycles. The maximum Gasteiger partial charge on any atom is 0.223 e. The molecule has 1 spiro atoms. The zero-order valence-electron chi connectivity index (χ0n) is 16.3. The van der Waals surface area contributed by atoms with Crippen molar-refractivity contribution in [2.45, 2.75) is 40.2 Å². The Hall–Kier alpha value is -1.99. The first-order chi connectivity index (χ1) is 12.9. The average molecular weight is 386 g/mol. The van der Waals surface area contributed by atoms with Crippen molar-refractivity contribution in [2.24, 2.45) is 5.41 Å². The van der Waals surface area contributed by atoms with E-state index in [0.29, 0.717) is 10.5 Å². The lowest BCUT2D eigenvalue weighted by Crippen LogP contribution is -2.30. The summed E-state index contributed by atoms with van der Waals surface area (Å²) in [6, 6.07) is 4.42. The molecule has 0 radical (unpaired) electrons. The minimum Gasteiger partial charge on any atom is -0.371 e. The molecule has 1 atom stereocenters. The Morgan fingerprint density at radius 2 is 1.96 bits per heavy atom. The smallest absolute Gasteiger partial charge is 0.223 e. The van der Waals surface area contributed by atoms with Crippen LogP contribution in [0, 0.1) is 19.3 Å². The first-order valence-electron chi connectivity index (χ1n) is 9.56. The molecule has 2 saturated heterocycles. The molecule has 2 aromatic heterocycles. The number of carbonyl (C=O) groups excluding carboxylic acids is 1. The van der Waals surface area contributed by atoms with Gasteiger partial charge in [-0.3, -0.25) is 14.7 Å². The predicted octanol–water partition coefficient (Wildman–Crippen LogP) is 3.22. The average Bonchev–Trinajstić information content (AvgIpc) is 3.29. The second kappa shape index (κ2) is 7.20. The molecule has 2 fully saturated rings. The lowest BCUT2D eigenvalue weighted by atomic mass is 9.86. The second-order valence-electron chi connectivity index (χ2n) is 8.05. The Morgan fingerprint density at radius 3 is 2.70 bits per heavy atom. The molecule has 1 amide bonds. The zero-order valence-corrected chi connectivity index (χ0v) is 17.1. The fourth-order valence-corrected chi connectivity index (χ4v) is 5.36. The van der Waals surface area contributed by atoms with Gasteiger partial charge in [0.1, 0.15) is 0 Å². The molecule has 0 unspecified atom stereocenters. The maximum absolute atomic E-state index is 11.2. The van der Waals surface area contributed by atoms with Crippen molar-refractivity contribution in [3.63, 3.8) is 0 Å². The summed E-state index contributed by atoms with van der Waals surface area (Å²) in [5.41, 5.74) is 3.91. The Kier molecular flexibility index (Phi) is 4.90. The second-order valence-corrected chi connectivity index (χ2v) is 9.17. The van der Waals surface area contributed by atoms with E-state index in [0.717, 1.165) is 44.1 Å². The van der Waals surface area contributed by atoms with Crippen molar-refractivity contribution in [3.05, 3.63) is 34.6 Å². The van der Waals surface area contributed by atoms with Gasteiger partial charge in [-0.1, -0.05) is 0 Å². The Bertz CT molecular complexity index is 830. The summed E-state index contributed by atoms with van der Waals surface area (Å²) in [6.45, 7) is 11.1. The first kappa shape index (κ1) is 18.4. The Morgan fingerprint density at radius 1 is 1.22 bits per heavy atom. The van der Waals surface area contributed by atoms with Crippen LogP contribution in [0.4, 0.5) is 10.8 Å². The van der Waals surface area contributed by atoms with Gasteiger partial charge in [0.2, 0.25) is 5.91 Å².